The monoisotopic (exact) mass is 257 g/mol. The average Bonchev–Trinajstić information content (AvgIpc) is 3.00. The van der Waals surface area contributed by atoms with Crippen LogP contribution in [0.5, 0.6) is 0 Å². The number of hydrogen-bond donors (Lipinski definition) is 1. The minimum atomic E-state index is 0.436. The molecule has 1 fully saturated rings. The van der Waals surface area contributed by atoms with Gasteiger partial charge in [-0.05, 0) is 5.56 Å². The third-order valence-corrected chi connectivity index (χ3v) is 3.57. The molecule has 2 aromatic rings. The fourth-order valence-electron chi connectivity index (χ4n) is 2.51. The van der Waals surface area contributed by atoms with Crippen LogP contribution in [0.3, 0.4) is 0 Å². The van der Waals surface area contributed by atoms with Gasteiger partial charge < -0.3 is 5.32 Å². The zero-order valence-corrected chi connectivity index (χ0v) is 10.9. The van der Waals surface area contributed by atoms with Gasteiger partial charge in [0.25, 0.3) is 0 Å². The molecule has 3 rings (SSSR count). The van der Waals surface area contributed by atoms with Crippen molar-refractivity contribution < 1.29 is 0 Å². The second kappa shape index (κ2) is 5.95. The minimum Gasteiger partial charge on any atom is -0.308 e. The van der Waals surface area contributed by atoms with Crippen LogP contribution in [0, 0.1) is 0 Å². The van der Waals surface area contributed by atoms with Gasteiger partial charge in [0, 0.05) is 32.2 Å². The van der Waals surface area contributed by atoms with Crippen LogP contribution in [-0.4, -0.2) is 45.8 Å². The van der Waals surface area contributed by atoms with Crippen LogP contribution in [0.2, 0.25) is 0 Å². The Morgan fingerprint density at radius 1 is 1.21 bits per heavy atom. The maximum atomic E-state index is 4.14. The van der Waals surface area contributed by atoms with Gasteiger partial charge >= 0.3 is 0 Å². The molecule has 1 aliphatic heterocycles. The lowest BCUT2D eigenvalue weighted by atomic mass is 10.0. The summed E-state index contributed by atoms with van der Waals surface area (Å²) >= 11 is 0. The molecule has 1 N–H and O–H groups in total. The van der Waals surface area contributed by atoms with Crippen molar-refractivity contribution in [3.05, 3.63) is 48.5 Å². The van der Waals surface area contributed by atoms with Gasteiger partial charge in [0.2, 0.25) is 0 Å². The SMILES string of the molecule is c1ccc(C2CN(CCn3cncn3)CCN2)cc1. The summed E-state index contributed by atoms with van der Waals surface area (Å²) in [6.07, 6.45) is 3.36. The summed E-state index contributed by atoms with van der Waals surface area (Å²) < 4.78 is 1.89. The molecule has 1 unspecified atom stereocenters. The van der Waals surface area contributed by atoms with E-state index in [1.165, 1.54) is 5.56 Å². The highest BCUT2D eigenvalue weighted by Crippen LogP contribution is 2.16. The normalized spacial score (nSPS) is 20.5. The molecule has 0 spiro atoms. The summed E-state index contributed by atoms with van der Waals surface area (Å²) in [4.78, 5) is 6.45. The van der Waals surface area contributed by atoms with Crippen LogP contribution in [0.1, 0.15) is 11.6 Å². The number of hydrogen-bond acceptors (Lipinski definition) is 4. The van der Waals surface area contributed by atoms with Crippen LogP contribution in [0.25, 0.3) is 0 Å². The molecule has 19 heavy (non-hydrogen) atoms. The molecule has 0 amide bonds. The zero-order valence-electron chi connectivity index (χ0n) is 10.9. The molecule has 0 bridgehead atoms. The van der Waals surface area contributed by atoms with Crippen LogP contribution < -0.4 is 5.32 Å². The van der Waals surface area contributed by atoms with E-state index in [-0.39, 0.29) is 0 Å². The molecule has 1 atom stereocenters. The van der Waals surface area contributed by atoms with E-state index in [9.17, 15) is 0 Å². The first-order valence-corrected chi connectivity index (χ1v) is 6.75. The number of aromatic nitrogens is 3. The Morgan fingerprint density at radius 2 is 2.11 bits per heavy atom. The average molecular weight is 257 g/mol. The topological polar surface area (TPSA) is 46.0 Å². The fraction of sp³-hybridized carbons (Fsp3) is 0.429. The van der Waals surface area contributed by atoms with Gasteiger partial charge in [-0.25, -0.2) is 4.98 Å². The second-order valence-electron chi connectivity index (χ2n) is 4.88. The van der Waals surface area contributed by atoms with E-state index in [1.807, 2.05) is 4.68 Å². The van der Waals surface area contributed by atoms with Crippen LogP contribution in [-0.2, 0) is 6.54 Å². The maximum absolute atomic E-state index is 4.14. The molecule has 2 heterocycles. The molecule has 5 heteroatoms. The molecule has 0 radical (unpaired) electrons. The van der Waals surface area contributed by atoms with Crippen molar-refractivity contribution in [3.8, 4) is 0 Å². The maximum Gasteiger partial charge on any atom is 0.137 e. The summed E-state index contributed by atoms with van der Waals surface area (Å²) in [5.41, 5.74) is 1.37. The molecule has 1 aromatic carbocycles. The lowest BCUT2D eigenvalue weighted by Gasteiger charge is -2.33. The predicted octanol–water partition coefficient (Wildman–Crippen LogP) is 0.925. The lowest BCUT2D eigenvalue weighted by Crippen LogP contribution is -2.46. The van der Waals surface area contributed by atoms with Gasteiger partial charge in [-0.3, -0.25) is 9.58 Å². The van der Waals surface area contributed by atoms with E-state index < -0.39 is 0 Å². The first-order valence-electron chi connectivity index (χ1n) is 6.75. The summed E-state index contributed by atoms with van der Waals surface area (Å²) in [7, 11) is 0. The molecular weight excluding hydrogens is 238 g/mol. The molecule has 1 saturated heterocycles. The quantitative estimate of drug-likeness (QED) is 0.885. The van der Waals surface area contributed by atoms with E-state index in [0.717, 1.165) is 32.7 Å². The molecule has 0 aliphatic carbocycles. The number of nitrogens with one attached hydrogen (secondary N) is 1. The molecule has 100 valence electrons. The van der Waals surface area contributed by atoms with Crippen LogP contribution >= 0.6 is 0 Å². The Labute approximate surface area is 113 Å². The zero-order chi connectivity index (χ0) is 12.9. The largest absolute Gasteiger partial charge is 0.308 e. The Hall–Kier alpha value is -1.72. The molecule has 1 aliphatic rings. The number of piperazine rings is 1. The first kappa shape index (κ1) is 12.3. The van der Waals surface area contributed by atoms with Gasteiger partial charge in [0.1, 0.15) is 12.7 Å². The molecular formula is C14H19N5. The van der Waals surface area contributed by atoms with Crippen molar-refractivity contribution in [2.45, 2.75) is 12.6 Å². The van der Waals surface area contributed by atoms with E-state index in [0.29, 0.717) is 6.04 Å². The summed E-state index contributed by atoms with van der Waals surface area (Å²) in [6, 6.07) is 11.1. The van der Waals surface area contributed by atoms with Gasteiger partial charge in [0.05, 0.1) is 6.54 Å². The molecule has 5 nitrogen and oxygen atoms in total. The summed E-state index contributed by atoms with van der Waals surface area (Å²) in [5.74, 6) is 0. The van der Waals surface area contributed by atoms with E-state index in [2.05, 4.69) is 50.6 Å². The van der Waals surface area contributed by atoms with E-state index in [1.54, 1.807) is 12.7 Å². The van der Waals surface area contributed by atoms with Crippen molar-refractivity contribution in [1.29, 1.82) is 0 Å². The van der Waals surface area contributed by atoms with Crippen molar-refractivity contribution in [2.75, 3.05) is 26.2 Å². The minimum absolute atomic E-state index is 0.436. The Morgan fingerprint density at radius 3 is 2.89 bits per heavy atom. The van der Waals surface area contributed by atoms with Crippen molar-refractivity contribution in [1.82, 2.24) is 25.0 Å². The van der Waals surface area contributed by atoms with E-state index >= 15 is 0 Å². The highest BCUT2D eigenvalue weighted by molar-refractivity contribution is 5.19. The van der Waals surface area contributed by atoms with Crippen molar-refractivity contribution in [3.63, 3.8) is 0 Å². The van der Waals surface area contributed by atoms with Crippen molar-refractivity contribution in [2.24, 2.45) is 0 Å². The van der Waals surface area contributed by atoms with Gasteiger partial charge in [-0.1, -0.05) is 30.3 Å². The standard InChI is InChI=1S/C14H19N5/c1-2-4-13(5-3-1)14-10-18(7-6-16-14)8-9-19-12-15-11-17-19/h1-5,11-12,14,16H,6-10H2. The highest BCUT2D eigenvalue weighted by Gasteiger charge is 2.20. The molecule has 1 aromatic heterocycles. The van der Waals surface area contributed by atoms with E-state index in [4.69, 9.17) is 0 Å². The highest BCUT2D eigenvalue weighted by atomic mass is 15.3. The number of rotatable bonds is 4. The van der Waals surface area contributed by atoms with Crippen LogP contribution in [0.15, 0.2) is 43.0 Å². The smallest absolute Gasteiger partial charge is 0.137 e. The first-order chi connectivity index (χ1) is 9.42. The Bertz CT molecular complexity index is 482. The van der Waals surface area contributed by atoms with Gasteiger partial charge in [0.15, 0.2) is 0 Å². The lowest BCUT2D eigenvalue weighted by molar-refractivity contribution is 0.192. The molecule has 0 saturated carbocycles. The third-order valence-electron chi connectivity index (χ3n) is 3.57. The second-order valence-corrected chi connectivity index (χ2v) is 4.88. The fourth-order valence-corrected chi connectivity index (χ4v) is 2.51. The number of benzene rings is 1. The predicted molar refractivity (Wildman–Crippen MR) is 73.6 cm³/mol. The van der Waals surface area contributed by atoms with Crippen LogP contribution in [0.4, 0.5) is 0 Å². The third kappa shape index (κ3) is 3.19. The number of nitrogens with zero attached hydrogens (tertiary/aromatic N) is 4. The Kier molecular flexibility index (Phi) is 3.86. The summed E-state index contributed by atoms with van der Waals surface area (Å²) in [5, 5.41) is 7.72. The Balaban J connectivity index is 1.56. The van der Waals surface area contributed by atoms with Gasteiger partial charge in [-0.15, -0.1) is 0 Å². The summed E-state index contributed by atoms with van der Waals surface area (Å²) in [6.45, 7) is 5.11. The van der Waals surface area contributed by atoms with Gasteiger partial charge in [-0.2, -0.15) is 5.10 Å². The van der Waals surface area contributed by atoms with Crippen molar-refractivity contribution >= 4 is 0 Å².